The molecule has 1 aliphatic heterocycles. The maximum absolute atomic E-state index is 12.4. The van der Waals surface area contributed by atoms with Crippen molar-refractivity contribution in [3.63, 3.8) is 0 Å². The van der Waals surface area contributed by atoms with Crippen molar-refractivity contribution < 1.29 is 14.3 Å². The van der Waals surface area contributed by atoms with E-state index in [2.05, 4.69) is 21.2 Å². The van der Waals surface area contributed by atoms with E-state index < -0.39 is 0 Å². The molecule has 29 heavy (non-hydrogen) atoms. The van der Waals surface area contributed by atoms with Crippen LogP contribution in [-0.2, 0) is 4.79 Å². The lowest BCUT2D eigenvalue weighted by Gasteiger charge is -2.36. The number of amides is 1. The SMILES string of the molecule is COc1ccccc1N1CCN(CCC(=O)Nc2ccccc2OC(C)C)CC1. The molecule has 156 valence electrons. The first-order chi connectivity index (χ1) is 14.1. The number of rotatable bonds is 8. The van der Waals surface area contributed by atoms with Crippen molar-refractivity contribution in [2.45, 2.75) is 26.4 Å². The number of methoxy groups -OCH3 is 1. The smallest absolute Gasteiger partial charge is 0.225 e. The lowest BCUT2D eigenvalue weighted by molar-refractivity contribution is -0.116. The number of ether oxygens (including phenoxy) is 2. The van der Waals surface area contributed by atoms with Crippen molar-refractivity contribution in [3.05, 3.63) is 48.5 Å². The van der Waals surface area contributed by atoms with Crippen LogP contribution in [0.3, 0.4) is 0 Å². The molecule has 1 amide bonds. The van der Waals surface area contributed by atoms with Crippen molar-refractivity contribution in [1.29, 1.82) is 0 Å². The van der Waals surface area contributed by atoms with Gasteiger partial charge in [-0.05, 0) is 38.1 Å². The van der Waals surface area contributed by atoms with Crippen LogP contribution in [0.4, 0.5) is 11.4 Å². The van der Waals surface area contributed by atoms with Crippen molar-refractivity contribution in [2.75, 3.05) is 50.1 Å². The Bertz CT molecular complexity index is 801. The molecule has 1 saturated heterocycles. The standard InChI is InChI=1S/C23H31N3O3/c1-18(2)29-21-10-6-4-8-19(21)24-23(27)12-13-25-14-16-26(17-15-25)20-9-5-7-11-22(20)28-3/h4-11,18H,12-17H2,1-3H3,(H,24,27). The lowest BCUT2D eigenvalue weighted by atomic mass is 10.2. The molecule has 0 saturated carbocycles. The molecule has 1 heterocycles. The summed E-state index contributed by atoms with van der Waals surface area (Å²) in [7, 11) is 1.71. The van der Waals surface area contributed by atoms with E-state index in [0.717, 1.165) is 49.8 Å². The van der Waals surface area contributed by atoms with Gasteiger partial charge in [-0.1, -0.05) is 24.3 Å². The van der Waals surface area contributed by atoms with Crippen LogP contribution in [0.1, 0.15) is 20.3 Å². The first-order valence-corrected chi connectivity index (χ1v) is 10.2. The van der Waals surface area contributed by atoms with Crippen molar-refractivity contribution in [2.24, 2.45) is 0 Å². The van der Waals surface area contributed by atoms with Gasteiger partial charge in [-0.3, -0.25) is 9.69 Å². The minimum absolute atomic E-state index is 0.0111. The molecule has 1 fully saturated rings. The third kappa shape index (κ3) is 5.87. The Morgan fingerprint density at radius 3 is 2.34 bits per heavy atom. The van der Waals surface area contributed by atoms with Gasteiger partial charge in [-0.15, -0.1) is 0 Å². The van der Waals surface area contributed by atoms with Gasteiger partial charge in [0.05, 0.1) is 24.6 Å². The summed E-state index contributed by atoms with van der Waals surface area (Å²) in [5, 5.41) is 2.99. The Balaban J connectivity index is 1.47. The molecule has 1 N–H and O–H groups in total. The van der Waals surface area contributed by atoms with Gasteiger partial charge in [0, 0.05) is 39.1 Å². The summed E-state index contributed by atoms with van der Waals surface area (Å²) in [6.45, 7) is 8.40. The third-order valence-corrected chi connectivity index (χ3v) is 4.98. The largest absolute Gasteiger partial charge is 0.495 e. The van der Waals surface area contributed by atoms with Gasteiger partial charge in [0.15, 0.2) is 0 Å². The molecule has 0 unspecified atom stereocenters. The Kier molecular flexibility index (Phi) is 7.36. The molecule has 3 rings (SSSR count). The second kappa shape index (κ2) is 10.2. The van der Waals surface area contributed by atoms with Crippen molar-refractivity contribution in [3.8, 4) is 11.5 Å². The van der Waals surface area contributed by atoms with Crippen LogP contribution < -0.4 is 19.7 Å². The van der Waals surface area contributed by atoms with E-state index in [1.807, 2.05) is 56.3 Å². The molecule has 0 aromatic heterocycles. The van der Waals surface area contributed by atoms with Crippen LogP contribution >= 0.6 is 0 Å². The second-order valence-electron chi connectivity index (χ2n) is 7.46. The zero-order valence-electron chi connectivity index (χ0n) is 17.6. The van der Waals surface area contributed by atoms with E-state index in [4.69, 9.17) is 9.47 Å². The predicted octanol–water partition coefficient (Wildman–Crippen LogP) is 3.63. The summed E-state index contributed by atoms with van der Waals surface area (Å²) in [6, 6.07) is 15.7. The average molecular weight is 398 g/mol. The van der Waals surface area contributed by atoms with Crippen LogP contribution in [0.2, 0.25) is 0 Å². The van der Waals surface area contributed by atoms with Gasteiger partial charge < -0.3 is 19.7 Å². The fourth-order valence-electron chi connectivity index (χ4n) is 3.50. The number of carbonyl (C=O) groups is 1. The van der Waals surface area contributed by atoms with Gasteiger partial charge in [-0.25, -0.2) is 0 Å². The fourth-order valence-corrected chi connectivity index (χ4v) is 3.50. The van der Waals surface area contributed by atoms with E-state index in [9.17, 15) is 4.79 Å². The topological polar surface area (TPSA) is 54.0 Å². The number of hydrogen-bond acceptors (Lipinski definition) is 5. The Labute approximate surface area is 173 Å². The maximum Gasteiger partial charge on any atom is 0.225 e. The molecule has 6 nitrogen and oxygen atoms in total. The van der Waals surface area contributed by atoms with Crippen molar-refractivity contribution >= 4 is 17.3 Å². The second-order valence-corrected chi connectivity index (χ2v) is 7.46. The molecule has 6 heteroatoms. The summed E-state index contributed by atoms with van der Waals surface area (Å²) in [5.41, 5.74) is 1.86. The molecular formula is C23H31N3O3. The number of anilines is 2. The maximum atomic E-state index is 12.4. The quantitative estimate of drug-likeness (QED) is 0.737. The summed E-state index contributed by atoms with van der Waals surface area (Å²) >= 11 is 0. The minimum Gasteiger partial charge on any atom is -0.495 e. The first-order valence-electron chi connectivity index (χ1n) is 10.2. The highest BCUT2D eigenvalue weighted by atomic mass is 16.5. The summed E-state index contributed by atoms with van der Waals surface area (Å²) in [4.78, 5) is 17.1. The van der Waals surface area contributed by atoms with Crippen LogP contribution in [-0.4, -0.2) is 56.7 Å². The molecule has 1 aliphatic rings. The van der Waals surface area contributed by atoms with Crippen LogP contribution in [0.15, 0.2) is 48.5 Å². The Hall–Kier alpha value is -2.73. The van der Waals surface area contributed by atoms with Crippen LogP contribution in [0, 0.1) is 0 Å². The molecule has 2 aromatic rings. The summed E-state index contributed by atoms with van der Waals surface area (Å²) < 4.78 is 11.2. The number of benzene rings is 2. The molecule has 0 spiro atoms. The molecule has 0 atom stereocenters. The zero-order valence-corrected chi connectivity index (χ0v) is 17.6. The Morgan fingerprint density at radius 2 is 1.66 bits per heavy atom. The third-order valence-electron chi connectivity index (χ3n) is 4.98. The van der Waals surface area contributed by atoms with Gasteiger partial charge in [0.1, 0.15) is 11.5 Å². The molecule has 2 aromatic carbocycles. The molecular weight excluding hydrogens is 366 g/mol. The van der Waals surface area contributed by atoms with Gasteiger partial charge >= 0.3 is 0 Å². The Morgan fingerprint density at radius 1 is 1.00 bits per heavy atom. The van der Waals surface area contributed by atoms with E-state index in [1.54, 1.807) is 7.11 Å². The summed E-state index contributed by atoms with van der Waals surface area (Å²) in [5.74, 6) is 1.63. The van der Waals surface area contributed by atoms with Gasteiger partial charge in [0.2, 0.25) is 5.91 Å². The highest BCUT2D eigenvalue weighted by molar-refractivity contribution is 5.92. The average Bonchev–Trinajstić information content (AvgIpc) is 2.73. The highest BCUT2D eigenvalue weighted by Crippen LogP contribution is 2.28. The number of nitrogens with zero attached hydrogens (tertiary/aromatic N) is 2. The molecule has 0 aliphatic carbocycles. The zero-order chi connectivity index (χ0) is 20.6. The van der Waals surface area contributed by atoms with E-state index in [-0.39, 0.29) is 12.0 Å². The minimum atomic E-state index is 0.0111. The number of hydrogen-bond donors (Lipinski definition) is 1. The fraction of sp³-hybridized carbons (Fsp3) is 0.435. The number of para-hydroxylation sites is 4. The van der Waals surface area contributed by atoms with Gasteiger partial charge in [0.25, 0.3) is 0 Å². The van der Waals surface area contributed by atoms with Crippen LogP contribution in [0.25, 0.3) is 0 Å². The number of nitrogens with one attached hydrogen (secondary N) is 1. The molecule has 0 radical (unpaired) electrons. The van der Waals surface area contributed by atoms with E-state index in [0.29, 0.717) is 12.2 Å². The predicted molar refractivity (Wildman–Crippen MR) is 117 cm³/mol. The monoisotopic (exact) mass is 397 g/mol. The first kappa shape index (κ1) is 21.0. The molecule has 0 bridgehead atoms. The van der Waals surface area contributed by atoms with Crippen LogP contribution in [0.5, 0.6) is 11.5 Å². The normalized spacial score (nSPS) is 14.7. The van der Waals surface area contributed by atoms with E-state index >= 15 is 0 Å². The van der Waals surface area contributed by atoms with Gasteiger partial charge in [-0.2, -0.15) is 0 Å². The number of piperazine rings is 1. The van der Waals surface area contributed by atoms with E-state index in [1.165, 1.54) is 0 Å². The summed E-state index contributed by atoms with van der Waals surface area (Å²) in [6.07, 6.45) is 0.526. The lowest BCUT2D eigenvalue weighted by Crippen LogP contribution is -2.47. The highest BCUT2D eigenvalue weighted by Gasteiger charge is 2.20. The number of carbonyl (C=O) groups excluding carboxylic acids is 1. The van der Waals surface area contributed by atoms with Crippen molar-refractivity contribution in [1.82, 2.24) is 4.90 Å².